The second-order valence-corrected chi connectivity index (χ2v) is 7.74. The molecular formula is C21H19F3N4OS. The minimum absolute atomic E-state index is 0.259. The number of rotatable bonds is 4. The third-order valence-corrected chi connectivity index (χ3v) is 5.77. The van der Waals surface area contributed by atoms with Crippen molar-refractivity contribution in [3.63, 3.8) is 0 Å². The molecule has 0 radical (unpaired) electrons. The molecular weight excluding hydrogens is 413 g/mol. The maximum Gasteiger partial charge on any atom is 0.416 e. The lowest BCUT2D eigenvalue weighted by Gasteiger charge is -2.34. The van der Waals surface area contributed by atoms with Gasteiger partial charge in [0.2, 0.25) is 5.13 Å². The van der Waals surface area contributed by atoms with Crippen LogP contribution < -0.4 is 4.90 Å². The Morgan fingerprint density at radius 3 is 2.27 bits per heavy atom. The Morgan fingerprint density at radius 1 is 0.967 bits per heavy atom. The zero-order valence-corrected chi connectivity index (χ0v) is 16.8. The van der Waals surface area contributed by atoms with E-state index in [1.54, 1.807) is 4.90 Å². The monoisotopic (exact) mass is 432 g/mol. The van der Waals surface area contributed by atoms with E-state index in [4.69, 9.17) is 0 Å². The maximum atomic E-state index is 12.7. The van der Waals surface area contributed by atoms with E-state index in [9.17, 15) is 18.0 Å². The molecule has 0 bridgehead atoms. The van der Waals surface area contributed by atoms with Crippen molar-refractivity contribution in [3.05, 3.63) is 77.1 Å². The number of alkyl halides is 3. The molecule has 9 heteroatoms. The van der Waals surface area contributed by atoms with Gasteiger partial charge in [-0.3, -0.25) is 4.79 Å². The van der Waals surface area contributed by atoms with Crippen LogP contribution in [-0.4, -0.2) is 46.3 Å². The average molecular weight is 432 g/mol. The van der Waals surface area contributed by atoms with Gasteiger partial charge >= 0.3 is 6.18 Å². The van der Waals surface area contributed by atoms with Gasteiger partial charge in [0, 0.05) is 49.7 Å². The summed E-state index contributed by atoms with van der Waals surface area (Å²) in [6, 6.07) is 14.4. The number of hydrogen-bond acceptors (Lipinski definition) is 5. The molecule has 30 heavy (non-hydrogen) atoms. The van der Waals surface area contributed by atoms with Crippen molar-refractivity contribution in [3.8, 4) is 0 Å². The van der Waals surface area contributed by atoms with E-state index in [1.807, 2.05) is 30.3 Å². The summed E-state index contributed by atoms with van der Waals surface area (Å²) in [4.78, 5) is 21.0. The Hall–Kier alpha value is -2.94. The van der Waals surface area contributed by atoms with Gasteiger partial charge in [0.1, 0.15) is 5.82 Å². The molecule has 1 saturated heterocycles. The third kappa shape index (κ3) is 4.62. The van der Waals surface area contributed by atoms with Gasteiger partial charge in [-0.05, 0) is 29.8 Å². The fourth-order valence-electron chi connectivity index (χ4n) is 3.31. The number of anilines is 1. The number of carbonyl (C=O) groups is 1. The highest BCUT2D eigenvalue weighted by Gasteiger charge is 2.31. The number of amides is 1. The van der Waals surface area contributed by atoms with E-state index in [0.717, 1.165) is 28.7 Å². The van der Waals surface area contributed by atoms with Gasteiger partial charge in [0.05, 0.1) is 5.56 Å². The fourth-order valence-corrected chi connectivity index (χ4v) is 4.05. The molecule has 1 fully saturated rings. The molecule has 2 heterocycles. The average Bonchev–Trinajstić information content (AvgIpc) is 3.22. The molecule has 1 aliphatic rings. The highest BCUT2D eigenvalue weighted by atomic mass is 32.1. The van der Waals surface area contributed by atoms with E-state index in [2.05, 4.69) is 14.3 Å². The van der Waals surface area contributed by atoms with Crippen LogP contribution in [0.3, 0.4) is 0 Å². The maximum absolute atomic E-state index is 12.7. The van der Waals surface area contributed by atoms with Crippen LogP contribution in [0.1, 0.15) is 27.3 Å². The SMILES string of the molecule is O=C(c1ccc(C(F)(F)F)cc1)N1CCN(c2nc(Cc3ccccc3)ns2)CC1. The molecule has 0 aliphatic carbocycles. The number of carbonyl (C=O) groups excluding carboxylic acids is 1. The molecule has 1 aromatic heterocycles. The van der Waals surface area contributed by atoms with Crippen LogP contribution >= 0.6 is 11.5 Å². The third-order valence-electron chi connectivity index (χ3n) is 4.96. The summed E-state index contributed by atoms with van der Waals surface area (Å²) in [6.07, 6.45) is -3.74. The van der Waals surface area contributed by atoms with Gasteiger partial charge in [-0.1, -0.05) is 30.3 Å². The van der Waals surface area contributed by atoms with Crippen molar-refractivity contribution >= 4 is 22.6 Å². The first-order valence-corrected chi connectivity index (χ1v) is 10.3. The Morgan fingerprint density at radius 2 is 1.63 bits per heavy atom. The van der Waals surface area contributed by atoms with Gasteiger partial charge in [0.25, 0.3) is 5.91 Å². The Bertz CT molecular complexity index is 997. The molecule has 2 aromatic carbocycles. The topological polar surface area (TPSA) is 49.3 Å². The lowest BCUT2D eigenvalue weighted by Crippen LogP contribution is -2.48. The second-order valence-electron chi connectivity index (χ2n) is 7.01. The Labute approximate surface area is 175 Å². The Kier molecular flexibility index (Phi) is 5.72. The van der Waals surface area contributed by atoms with Crippen LogP contribution in [0.25, 0.3) is 0 Å². The minimum Gasteiger partial charge on any atom is -0.343 e. The van der Waals surface area contributed by atoms with Crippen LogP contribution in [0.4, 0.5) is 18.3 Å². The van der Waals surface area contributed by atoms with Gasteiger partial charge in [-0.25, -0.2) is 4.98 Å². The molecule has 3 aromatic rings. The zero-order valence-electron chi connectivity index (χ0n) is 16.0. The van der Waals surface area contributed by atoms with Crippen molar-refractivity contribution in [1.82, 2.24) is 14.3 Å². The highest BCUT2D eigenvalue weighted by molar-refractivity contribution is 7.09. The van der Waals surface area contributed by atoms with Crippen LogP contribution in [0.15, 0.2) is 54.6 Å². The molecule has 0 atom stereocenters. The molecule has 0 N–H and O–H groups in total. The molecule has 0 unspecified atom stereocenters. The standard InChI is InChI=1S/C21H19F3N4OS/c22-21(23,24)17-8-6-16(7-9-17)19(29)27-10-12-28(13-11-27)20-25-18(26-30-20)14-15-4-2-1-3-5-15/h1-9H,10-14H2. The minimum atomic E-state index is -4.41. The summed E-state index contributed by atoms with van der Waals surface area (Å²) in [5, 5.41) is 0.822. The van der Waals surface area contributed by atoms with E-state index in [0.29, 0.717) is 32.6 Å². The first kappa shape index (κ1) is 20.3. The first-order valence-electron chi connectivity index (χ1n) is 9.48. The molecule has 156 valence electrons. The molecule has 4 rings (SSSR count). The van der Waals surface area contributed by atoms with Gasteiger partial charge in [-0.2, -0.15) is 17.5 Å². The lowest BCUT2D eigenvalue weighted by molar-refractivity contribution is -0.137. The van der Waals surface area contributed by atoms with E-state index < -0.39 is 11.7 Å². The van der Waals surface area contributed by atoms with Crippen LogP contribution in [0.2, 0.25) is 0 Å². The summed E-state index contributed by atoms with van der Waals surface area (Å²) in [6.45, 7) is 2.17. The second kappa shape index (κ2) is 8.43. The fraction of sp³-hybridized carbons (Fsp3) is 0.286. The summed E-state index contributed by atoms with van der Waals surface area (Å²) in [7, 11) is 0. The number of benzene rings is 2. The first-order chi connectivity index (χ1) is 14.4. The number of halogens is 3. The van der Waals surface area contributed by atoms with E-state index in [-0.39, 0.29) is 11.5 Å². The smallest absolute Gasteiger partial charge is 0.343 e. The van der Waals surface area contributed by atoms with E-state index in [1.165, 1.54) is 23.7 Å². The lowest BCUT2D eigenvalue weighted by atomic mass is 10.1. The zero-order chi connectivity index (χ0) is 21.1. The number of aromatic nitrogens is 2. The predicted octanol–water partition coefficient (Wildman–Crippen LogP) is 4.11. The summed E-state index contributed by atoms with van der Waals surface area (Å²) < 4.78 is 42.5. The van der Waals surface area contributed by atoms with Gasteiger partial charge in [-0.15, -0.1) is 0 Å². The van der Waals surface area contributed by atoms with Crippen molar-refractivity contribution in [2.75, 3.05) is 31.1 Å². The molecule has 1 amide bonds. The van der Waals surface area contributed by atoms with Crippen LogP contribution in [0, 0.1) is 0 Å². The van der Waals surface area contributed by atoms with E-state index >= 15 is 0 Å². The van der Waals surface area contributed by atoms with Crippen molar-refractivity contribution < 1.29 is 18.0 Å². The number of nitrogens with zero attached hydrogens (tertiary/aromatic N) is 4. The molecule has 5 nitrogen and oxygen atoms in total. The van der Waals surface area contributed by atoms with Crippen molar-refractivity contribution in [1.29, 1.82) is 0 Å². The van der Waals surface area contributed by atoms with Crippen molar-refractivity contribution in [2.45, 2.75) is 12.6 Å². The summed E-state index contributed by atoms with van der Waals surface area (Å²) >= 11 is 1.34. The number of piperazine rings is 1. The normalized spacial score (nSPS) is 14.8. The summed E-state index contributed by atoms with van der Waals surface area (Å²) in [5.41, 5.74) is 0.651. The molecule has 0 spiro atoms. The molecule has 1 aliphatic heterocycles. The largest absolute Gasteiger partial charge is 0.416 e. The quantitative estimate of drug-likeness (QED) is 0.623. The van der Waals surface area contributed by atoms with Crippen LogP contribution in [0.5, 0.6) is 0 Å². The Balaban J connectivity index is 1.34. The summed E-state index contributed by atoms with van der Waals surface area (Å²) in [5.74, 6) is 0.509. The van der Waals surface area contributed by atoms with Crippen LogP contribution in [-0.2, 0) is 12.6 Å². The van der Waals surface area contributed by atoms with Gasteiger partial charge < -0.3 is 9.80 Å². The number of hydrogen-bond donors (Lipinski definition) is 0. The predicted molar refractivity (Wildman–Crippen MR) is 109 cm³/mol. The molecule has 0 saturated carbocycles. The van der Waals surface area contributed by atoms with Crippen molar-refractivity contribution in [2.24, 2.45) is 0 Å². The highest BCUT2D eigenvalue weighted by Crippen LogP contribution is 2.29. The van der Waals surface area contributed by atoms with Gasteiger partial charge in [0.15, 0.2) is 0 Å².